The zero-order valence-electron chi connectivity index (χ0n) is 11.6. The fourth-order valence-corrected chi connectivity index (χ4v) is 1.58. The van der Waals surface area contributed by atoms with Crippen molar-refractivity contribution in [3.63, 3.8) is 0 Å². The van der Waals surface area contributed by atoms with Gasteiger partial charge in [0.05, 0.1) is 12.7 Å². The first-order valence-electron chi connectivity index (χ1n) is 6.46. The highest BCUT2D eigenvalue weighted by Gasteiger charge is 2.03. The number of carbonyl (C=O) groups excluding carboxylic acids is 1. The van der Waals surface area contributed by atoms with Gasteiger partial charge in [-0.05, 0) is 44.0 Å². The number of carbonyl (C=O) groups is 1. The Hall–Kier alpha value is -2.03. The maximum atomic E-state index is 11.3. The minimum atomic E-state index is -0.310. The predicted molar refractivity (Wildman–Crippen MR) is 79.5 cm³/mol. The molecule has 0 saturated heterocycles. The molecule has 3 heteroatoms. The molecule has 1 aromatic carbocycles. The summed E-state index contributed by atoms with van der Waals surface area (Å²) in [6.07, 6.45) is 10.6. The van der Waals surface area contributed by atoms with Gasteiger partial charge in [-0.3, -0.25) is 0 Å². The Morgan fingerprint density at radius 2 is 1.84 bits per heavy atom. The topological polar surface area (TPSA) is 38.3 Å². The Morgan fingerprint density at radius 1 is 1.16 bits per heavy atom. The Balaban J connectivity index is 2.32. The van der Waals surface area contributed by atoms with Crippen molar-refractivity contribution in [3.8, 4) is 0 Å². The van der Waals surface area contributed by atoms with Crippen LogP contribution in [-0.4, -0.2) is 19.6 Å². The van der Waals surface area contributed by atoms with Crippen molar-refractivity contribution >= 4 is 11.7 Å². The second-order valence-electron chi connectivity index (χ2n) is 4.07. The Kier molecular flexibility index (Phi) is 7.10. The number of ether oxygens (including phenoxy) is 1. The molecule has 0 saturated carbocycles. The molecular weight excluding hydrogens is 238 g/mol. The normalized spacial score (nSPS) is 11.1. The van der Waals surface area contributed by atoms with Gasteiger partial charge in [0.25, 0.3) is 0 Å². The average molecular weight is 259 g/mol. The molecule has 102 valence electrons. The van der Waals surface area contributed by atoms with Crippen molar-refractivity contribution in [1.29, 1.82) is 0 Å². The van der Waals surface area contributed by atoms with Crippen LogP contribution in [0.1, 0.15) is 30.1 Å². The first-order chi connectivity index (χ1) is 9.27. The van der Waals surface area contributed by atoms with E-state index >= 15 is 0 Å². The van der Waals surface area contributed by atoms with Gasteiger partial charge < -0.3 is 10.1 Å². The molecule has 0 atom stereocenters. The van der Waals surface area contributed by atoms with Gasteiger partial charge in [-0.2, -0.15) is 0 Å². The van der Waals surface area contributed by atoms with Crippen molar-refractivity contribution in [2.75, 3.05) is 19.0 Å². The van der Waals surface area contributed by atoms with Crippen molar-refractivity contribution in [3.05, 3.63) is 54.1 Å². The van der Waals surface area contributed by atoms with Gasteiger partial charge in [-0.15, -0.1) is 0 Å². The fourth-order valence-electron chi connectivity index (χ4n) is 1.58. The second kappa shape index (κ2) is 8.97. The van der Waals surface area contributed by atoms with Crippen LogP contribution in [0, 0.1) is 0 Å². The third-order valence-corrected chi connectivity index (χ3v) is 2.63. The Labute approximate surface area is 115 Å². The highest BCUT2D eigenvalue weighted by molar-refractivity contribution is 5.89. The molecule has 1 aromatic rings. The van der Waals surface area contributed by atoms with E-state index in [-0.39, 0.29) is 5.97 Å². The molecule has 0 fully saturated rings. The van der Waals surface area contributed by atoms with Crippen LogP contribution in [0.4, 0.5) is 5.69 Å². The molecule has 0 unspecified atom stereocenters. The van der Waals surface area contributed by atoms with Crippen molar-refractivity contribution in [2.24, 2.45) is 0 Å². The van der Waals surface area contributed by atoms with Crippen LogP contribution in [0.2, 0.25) is 0 Å². The van der Waals surface area contributed by atoms with Crippen LogP contribution in [0.5, 0.6) is 0 Å². The number of allylic oxidation sites excluding steroid dienone is 3. The molecule has 0 bridgehead atoms. The summed E-state index contributed by atoms with van der Waals surface area (Å²) in [7, 11) is 1.38. The third-order valence-electron chi connectivity index (χ3n) is 2.63. The number of hydrogen-bond donors (Lipinski definition) is 1. The minimum absolute atomic E-state index is 0.310. The van der Waals surface area contributed by atoms with E-state index in [0.29, 0.717) is 5.56 Å². The maximum absolute atomic E-state index is 11.3. The molecule has 0 heterocycles. The molecule has 0 aromatic heterocycles. The SMILES string of the molecule is CC=CCCC=CCNc1ccc(C(=O)OC)cc1. The number of methoxy groups -OCH3 is 1. The molecule has 0 aliphatic rings. The van der Waals surface area contributed by atoms with Crippen LogP contribution in [0.25, 0.3) is 0 Å². The van der Waals surface area contributed by atoms with Gasteiger partial charge in [-0.25, -0.2) is 4.79 Å². The molecular formula is C16H21NO2. The summed E-state index contributed by atoms with van der Waals surface area (Å²) >= 11 is 0. The van der Waals surface area contributed by atoms with Crippen LogP contribution >= 0.6 is 0 Å². The molecule has 0 amide bonds. The van der Waals surface area contributed by atoms with E-state index in [4.69, 9.17) is 0 Å². The maximum Gasteiger partial charge on any atom is 0.337 e. The van der Waals surface area contributed by atoms with Gasteiger partial charge >= 0.3 is 5.97 Å². The zero-order chi connectivity index (χ0) is 13.9. The zero-order valence-corrected chi connectivity index (χ0v) is 11.6. The number of benzene rings is 1. The summed E-state index contributed by atoms with van der Waals surface area (Å²) in [5, 5.41) is 3.26. The lowest BCUT2D eigenvalue weighted by Gasteiger charge is -2.04. The summed E-state index contributed by atoms with van der Waals surface area (Å²) in [6, 6.07) is 7.26. The number of hydrogen-bond acceptors (Lipinski definition) is 3. The lowest BCUT2D eigenvalue weighted by molar-refractivity contribution is 0.0601. The standard InChI is InChI=1S/C16H21NO2/c1-3-4-5-6-7-8-13-17-15-11-9-14(10-12-15)16(18)19-2/h3-4,7-12,17H,5-6,13H2,1-2H3. The van der Waals surface area contributed by atoms with E-state index in [1.54, 1.807) is 12.1 Å². The van der Waals surface area contributed by atoms with Crippen molar-refractivity contribution in [2.45, 2.75) is 19.8 Å². The fraction of sp³-hybridized carbons (Fsp3) is 0.312. The molecule has 0 aliphatic carbocycles. The number of esters is 1. The molecule has 0 radical (unpaired) electrons. The highest BCUT2D eigenvalue weighted by Crippen LogP contribution is 2.10. The van der Waals surface area contributed by atoms with E-state index in [9.17, 15) is 4.79 Å². The van der Waals surface area contributed by atoms with E-state index in [1.807, 2.05) is 19.1 Å². The van der Waals surface area contributed by atoms with Crippen LogP contribution < -0.4 is 5.32 Å². The highest BCUT2D eigenvalue weighted by atomic mass is 16.5. The first kappa shape index (κ1) is 15.0. The van der Waals surface area contributed by atoms with Gasteiger partial charge in [0.2, 0.25) is 0 Å². The molecule has 19 heavy (non-hydrogen) atoms. The van der Waals surface area contributed by atoms with Gasteiger partial charge in [0.1, 0.15) is 0 Å². The predicted octanol–water partition coefficient (Wildman–Crippen LogP) is 3.80. The van der Waals surface area contributed by atoms with Gasteiger partial charge in [0.15, 0.2) is 0 Å². The van der Waals surface area contributed by atoms with E-state index in [2.05, 4.69) is 34.4 Å². The summed E-state index contributed by atoms with van der Waals surface area (Å²) in [4.78, 5) is 11.3. The van der Waals surface area contributed by atoms with E-state index in [1.165, 1.54) is 7.11 Å². The number of nitrogens with one attached hydrogen (secondary N) is 1. The largest absolute Gasteiger partial charge is 0.465 e. The second-order valence-corrected chi connectivity index (χ2v) is 4.07. The average Bonchev–Trinajstić information content (AvgIpc) is 2.46. The quantitative estimate of drug-likeness (QED) is 0.460. The molecule has 1 rings (SSSR count). The van der Waals surface area contributed by atoms with Gasteiger partial charge in [-0.1, -0.05) is 24.3 Å². The summed E-state index contributed by atoms with van der Waals surface area (Å²) in [5.41, 5.74) is 1.56. The van der Waals surface area contributed by atoms with E-state index in [0.717, 1.165) is 25.1 Å². The van der Waals surface area contributed by atoms with E-state index < -0.39 is 0 Å². The smallest absolute Gasteiger partial charge is 0.337 e. The molecule has 0 spiro atoms. The number of unbranched alkanes of at least 4 members (excludes halogenated alkanes) is 1. The minimum Gasteiger partial charge on any atom is -0.465 e. The first-order valence-corrected chi connectivity index (χ1v) is 6.46. The summed E-state index contributed by atoms with van der Waals surface area (Å²) in [6.45, 7) is 2.82. The third kappa shape index (κ3) is 5.91. The monoisotopic (exact) mass is 259 g/mol. The van der Waals surface area contributed by atoms with Crippen molar-refractivity contribution in [1.82, 2.24) is 0 Å². The molecule has 3 nitrogen and oxygen atoms in total. The number of rotatable bonds is 7. The lowest BCUT2D eigenvalue weighted by Crippen LogP contribution is -2.02. The van der Waals surface area contributed by atoms with Crippen LogP contribution in [0.3, 0.4) is 0 Å². The molecule has 0 aliphatic heterocycles. The molecule has 1 N–H and O–H groups in total. The Bertz CT molecular complexity index is 433. The Morgan fingerprint density at radius 3 is 2.47 bits per heavy atom. The van der Waals surface area contributed by atoms with Crippen LogP contribution in [-0.2, 0) is 4.74 Å². The van der Waals surface area contributed by atoms with Crippen molar-refractivity contribution < 1.29 is 9.53 Å². The summed E-state index contributed by atoms with van der Waals surface area (Å²) < 4.78 is 4.65. The lowest BCUT2D eigenvalue weighted by atomic mass is 10.2. The van der Waals surface area contributed by atoms with Crippen LogP contribution in [0.15, 0.2) is 48.6 Å². The van der Waals surface area contributed by atoms with Gasteiger partial charge in [0, 0.05) is 12.2 Å². The summed E-state index contributed by atoms with van der Waals surface area (Å²) in [5.74, 6) is -0.310. The number of anilines is 1.